The van der Waals surface area contributed by atoms with Gasteiger partial charge in [-0.2, -0.15) is 0 Å². The van der Waals surface area contributed by atoms with Crippen molar-refractivity contribution in [1.29, 1.82) is 0 Å². The summed E-state index contributed by atoms with van der Waals surface area (Å²) >= 11 is 5.83. The highest BCUT2D eigenvalue weighted by molar-refractivity contribution is 6.31. The fraction of sp³-hybridized carbons (Fsp3) is 0.450. The van der Waals surface area contributed by atoms with Crippen LogP contribution in [0.1, 0.15) is 19.3 Å². The minimum atomic E-state index is -0.455. The van der Waals surface area contributed by atoms with E-state index in [-0.39, 0.29) is 11.0 Å². The lowest BCUT2D eigenvalue weighted by molar-refractivity contribution is -0.140. The van der Waals surface area contributed by atoms with E-state index in [2.05, 4.69) is 30.2 Å². The molecule has 1 aliphatic heterocycles. The Kier molecular flexibility index (Phi) is 7.60. The summed E-state index contributed by atoms with van der Waals surface area (Å²) in [5.74, 6) is 1.41. The van der Waals surface area contributed by atoms with Gasteiger partial charge in [0.25, 0.3) is 0 Å². The monoisotopic (exact) mass is 421 g/mol. The van der Waals surface area contributed by atoms with Gasteiger partial charge in [-0.05, 0) is 43.5 Å². The molecule has 2 aromatic rings. The summed E-state index contributed by atoms with van der Waals surface area (Å²) in [6.07, 6.45) is 4.01. The molecule has 1 aliphatic rings. The molecule has 1 saturated heterocycles. The van der Waals surface area contributed by atoms with E-state index in [4.69, 9.17) is 11.6 Å². The quantitative estimate of drug-likeness (QED) is 0.499. The number of methoxy groups -OCH3 is 1. The average molecular weight is 422 g/mol. The fourth-order valence-corrected chi connectivity index (χ4v) is 3.46. The van der Waals surface area contributed by atoms with Crippen LogP contribution >= 0.6 is 11.6 Å². The molecule has 1 aromatic heterocycles. The van der Waals surface area contributed by atoms with Crippen molar-refractivity contribution in [3.05, 3.63) is 41.4 Å². The van der Waals surface area contributed by atoms with E-state index in [1.165, 1.54) is 25.6 Å². The number of carbonyl (C=O) groups is 1. The minimum absolute atomic E-state index is 0.0616. The Balaban J connectivity index is 1.49. The van der Waals surface area contributed by atoms with Crippen molar-refractivity contribution in [2.45, 2.75) is 19.3 Å². The molecule has 2 heterocycles. The minimum Gasteiger partial charge on any atom is -0.469 e. The van der Waals surface area contributed by atoms with Gasteiger partial charge in [-0.25, -0.2) is 14.4 Å². The summed E-state index contributed by atoms with van der Waals surface area (Å²) in [4.78, 5) is 22.0. The van der Waals surface area contributed by atoms with Gasteiger partial charge in [0, 0.05) is 31.4 Å². The number of esters is 1. The molecule has 156 valence electrons. The second kappa shape index (κ2) is 10.4. The summed E-state index contributed by atoms with van der Waals surface area (Å²) in [5.41, 5.74) is 0.665. The van der Waals surface area contributed by atoms with Crippen molar-refractivity contribution in [2.75, 3.05) is 43.5 Å². The van der Waals surface area contributed by atoms with Gasteiger partial charge < -0.3 is 20.3 Å². The second-order valence-corrected chi connectivity index (χ2v) is 7.38. The van der Waals surface area contributed by atoms with Crippen LogP contribution < -0.4 is 15.5 Å². The van der Waals surface area contributed by atoms with Crippen LogP contribution in [0.4, 0.5) is 21.7 Å². The number of benzene rings is 1. The van der Waals surface area contributed by atoms with E-state index in [9.17, 15) is 9.18 Å². The van der Waals surface area contributed by atoms with Crippen molar-refractivity contribution in [3.8, 4) is 0 Å². The highest BCUT2D eigenvalue weighted by Crippen LogP contribution is 2.25. The Morgan fingerprint density at radius 2 is 2.10 bits per heavy atom. The largest absolute Gasteiger partial charge is 0.469 e. The molecule has 29 heavy (non-hydrogen) atoms. The van der Waals surface area contributed by atoms with Crippen LogP contribution in [-0.4, -0.2) is 49.2 Å². The predicted molar refractivity (Wildman–Crippen MR) is 111 cm³/mol. The molecular formula is C20H25ClFN5O2. The Morgan fingerprint density at radius 1 is 1.31 bits per heavy atom. The van der Waals surface area contributed by atoms with Crippen LogP contribution in [-0.2, 0) is 9.53 Å². The van der Waals surface area contributed by atoms with Crippen LogP contribution in [0.3, 0.4) is 0 Å². The molecule has 7 nitrogen and oxygen atoms in total. The third-order valence-electron chi connectivity index (χ3n) is 4.95. The van der Waals surface area contributed by atoms with E-state index < -0.39 is 5.82 Å². The first-order valence-electron chi connectivity index (χ1n) is 9.61. The maximum absolute atomic E-state index is 13.3. The highest BCUT2D eigenvalue weighted by Gasteiger charge is 2.20. The van der Waals surface area contributed by atoms with E-state index in [0.29, 0.717) is 30.4 Å². The third-order valence-corrected chi connectivity index (χ3v) is 5.24. The molecule has 1 fully saturated rings. The zero-order chi connectivity index (χ0) is 20.6. The first-order valence-corrected chi connectivity index (χ1v) is 9.99. The Bertz CT molecular complexity index is 830. The van der Waals surface area contributed by atoms with Crippen molar-refractivity contribution >= 4 is 34.9 Å². The zero-order valence-corrected chi connectivity index (χ0v) is 17.1. The summed E-state index contributed by atoms with van der Waals surface area (Å²) < 4.78 is 17.9. The Morgan fingerprint density at radius 3 is 2.83 bits per heavy atom. The van der Waals surface area contributed by atoms with Crippen molar-refractivity contribution in [2.24, 2.45) is 5.92 Å². The number of carbonyl (C=O) groups excluding carboxylic acids is 1. The predicted octanol–water partition coefficient (Wildman–Crippen LogP) is 3.38. The van der Waals surface area contributed by atoms with Gasteiger partial charge in [-0.1, -0.05) is 11.6 Å². The number of hydrogen-bond donors (Lipinski definition) is 2. The summed E-state index contributed by atoms with van der Waals surface area (Å²) in [6.45, 7) is 3.35. The van der Waals surface area contributed by atoms with E-state index >= 15 is 0 Å². The maximum atomic E-state index is 13.3. The normalized spacial score (nSPS) is 14.7. The molecule has 0 unspecified atom stereocenters. The van der Waals surface area contributed by atoms with E-state index in [1.807, 2.05) is 6.07 Å². The van der Waals surface area contributed by atoms with Gasteiger partial charge in [0.05, 0.1) is 18.6 Å². The number of anilines is 3. The van der Waals surface area contributed by atoms with Gasteiger partial charge in [-0.15, -0.1) is 0 Å². The topological polar surface area (TPSA) is 79.4 Å². The highest BCUT2D eigenvalue weighted by atomic mass is 35.5. The van der Waals surface area contributed by atoms with Crippen LogP contribution in [0.15, 0.2) is 30.6 Å². The standard InChI is InChI=1S/C20H25ClFN5O2/c1-29-20(28)4-7-23-12-14-5-8-27(9-6-14)19-11-18(24-13-25-19)26-15-2-3-17(22)16(21)10-15/h2-3,10-11,13-14,23H,4-9,12H2,1H3,(H,24,25,26). The molecule has 9 heteroatoms. The molecule has 0 bridgehead atoms. The zero-order valence-electron chi connectivity index (χ0n) is 16.3. The van der Waals surface area contributed by atoms with Gasteiger partial charge >= 0.3 is 5.97 Å². The van der Waals surface area contributed by atoms with E-state index in [0.717, 1.165) is 38.3 Å². The molecule has 0 spiro atoms. The first-order chi connectivity index (χ1) is 14.0. The third kappa shape index (κ3) is 6.27. The van der Waals surface area contributed by atoms with Crippen LogP contribution in [0.5, 0.6) is 0 Å². The number of piperidine rings is 1. The van der Waals surface area contributed by atoms with Gasteiger partial charge in [0.2, 0.25) is 0 Å². The van der Waals surface area contributed by atoms with Crippen molar-refractivity contribution in [3.63, 3.8) is 0 Å². The number of aromatic nitrogens is 2. The summed E-state index contributed by atoms with van der Waals surface area (Å²) in [7, 11) is 1.40. The molecule has 1 aromatic carbocycles. The van der Waals surface area contributed by atoms with Crippen molar-refractivity contribution < 1.29 is 13.9 Å². The van der Waals surface area contributed by atoms with Crippen LogP contribution in [0, 0.1) is 11.7 Å². The SMILES string of the molecule is COC(=O)CCNCC1CCN(c2cc(Nc3ccc(F)c(Cl)c3)ncn2)CC1. The number of ether oxygens (including phenoxy) is 1. The lowest BCUT2D eigenvalue weighted by Crippen LogP contribution is -2.38. The molecule has 0 amide bonds. The smallest absolute Gasteiger partial charge is 0.306 e. The lowest BCUT2D eigenvalue weighted by atomic mass is 9.97. The number of nitrogens with one attached hydrogen (secondary N) is 2. The fourth-order valence-electron chi connectivity index (χ4n) is 3.27. The van der Waals surface area contributed by atoms with Crippen molar-refractivity contribution in [1.82, 2.24) is 15.3 Å². The number of hydrogen-bond acceptors (Lipinski definition) is 7. The summed E-state index contributed by atoms with van der Waals surface area (Å²) in [5, 5.41) is 6.52. The molecule has 0 atom stereocenters. The van der Waals surface area contributed by atoms with Gasteiger partial charge in [0.15, 0.2) is 0 Å². The summed E-state index contributed by atoms with van der Waals surface area (Å²) in [6, 6.07) is 6.34. The Hall–Kier alpha value is -2.45. The van der Waals surface area contributed by atoms with Gasteiger partial charge in [0.1, 0.15) is 23.8 Å². The molecular weight excluding hydrogens is 397 g/mol. The number of halogens is 2. The molecule has 0 radical (unpaired) electrons. The second-order valence-electron chi connectivity index (χ2n) is 6.98. The lowest BCUT2D eigenvalue weighted by Gasteiger charge is -2.33. The number of nitrogens with zero attached hydrogens (tertiary/aromatic N) is 3. The van der Waals surface area contributed by atoms with Crippen LogP contribution in [0.25, 0.3) is 0 Å². The Labute approximate surface area is 174 Å². The average Bonchev–Trinajstić information content (AvgIpc) is 2.74. The maximum Gasteiger partial charge on any atom is 0.306 e. The molecule has 2 N–H and O–H groups in total. The van der Waals surface area contributed by atoms with E-state index in [1.54, 1.807) is 6.07 Å². The number of rotatable bonds is 8. The molecule has 0 saturated carbocycles. The molecule has 0 aliphatic carbocycles. The van der Waals surface area contributed by atoms with Crippen LogP contribution in [0.2, 0.25) is 5.02 Å². The first kappa shape index (κ1) is 21.3. The van der Waals surface area contributed by atoms with Gasteiger partial charge in [-0.3, -0.25) is 4.79 Å². The molecule has 3 rings (SSSR count).